The van der Waals surface area contributed by atoms with Crippen molar-refractivity contribution in [2.75, 3.05) is 11.1 Å². The van der Waals surface area contributed by atoms with E-state index in [9.17, 15) is 4.79 Å². The highest BCUT2D eigenvalue weighted by molar-refractivity contribution is 7.99. The van der Waals surface area contributed by atoms with E-state index in [2.05, 4.69) is 11.9 Å². The van der Waals surface area contributed by atoms with Gasteiger partial charge in [-0.05, 0) is 48.5 Å². The summed E-state index contributed by atoms with van der Waals surface area (Å²) in [6, 6.07) is 15.2. The Labute approximate surface area is 129 Å². The number of thioether (sulfide) groups is 1. The topological polar surface area (TPSA) is 38.3 Å². The van der Waals surface area contributed by atoms with Crippen molar-refractivity contribution in [3.8, 4) is 11.5 Å². The number of nitrogens with one attached hydrogen (secondary N) is 1. The fourth-order valence-electron chi connectivity index (χ4n) is 1.70. The quantitative estimate of drug-likeness (QED) is 0.620. The largest absolute Gasteiger partial charge is 0.457 e. The summed E-state index contributed by atoms with van der Waals surface area (Å²) in [6.45, 7) is 5.18. The van der Waals surface area contributed by atoms with Crippen LogP contribution in [0.2, 0.25) is 0 Å². The van der Waals surface area contributed by atoms with E-state index >= 15 is 0 Å². The molecule has 0 aliphatic rings. The van der Waals surface area contributed by atoms with Gasteiger partial charge in [0.25, 0.3) is 0 Å². The average molecular weight is 299 g/mol. The zero-order valence-corrected chi connectivity index (χ0v) is 12.7. The molecule has 2 aromatic rings. The molecule has 0 aromatic heterocycles. The lowest BCUT2D eigenvalue weighted by atomic mass is 10.3. The molecule has 0 saturated heterocycles. The highest BCUT2D eigenvalue weighted by atomic mass is 32.2. The minimum Gasteiger partial charge on any atom is -0.457 e. The summed E-state index contributed by atoms with van der Waals surface area (Å²) in [7, 11) is 0. The summed E-state index contributed by atoms with van der Waals surface area (Å²) in [5, 5.41) is 2.72. The zero-order valence-electron chi connectivity index (χ0n) is 11.8. The van der Waals surface area contributed by atoms with Crippen LogP contribution >= 0.6 is 11.8 Å². The molecule has 1 amide bonds. The number of anilines is 1. The van der Waals surface area contributed by atoms with Gasteiger partial charge in [-0.25, -0.2) is 0 Å². The number of hydrogen-bond acceptors (Lipinski definition) is 3. The van der Waals surface area contributed by atoms with Crippen molar-refractivity contribution < 1.29 is 9.53 Å². The van der Waals surface area contributed by atoms with E-state index in [4.69, 9.17) is 4.74 Å². The lowest BCUT2D eigenvalue weighted by molar-refractivity contribution is -0.114. The molecule has 2 aromatic carbocycles. The number of carbonyl (C=O) groups is 1. The Morgan fingerprint density at radius 1 is 1.14 bits per heavy atom. The van der Waals surface area contributed by atoms with Gasteiger partial charge in [-0.15, -0.1) is 18.3 Å². The molecule has 0 fully saturated rings. The second-order valence-electron chi connectivity index (χ2n) is 4.38. The van der Waals surface area contributed by atoms with Gasteiger partial charge in [-0.1, -0.05) is 6.08 Å². The van der Waals surface area contributed by atoms with Crippen LogP contribution in [0.5, 0.6) is 11.5 Å². The van der Waals surface area contributed by atoms with Crippen LogP contribution in [0.15, 0.2) is 66.1 Å². The zero-order chi connectivity index (χ0) is 15.1. The maximum Gasteiger partial charge on any atom is 0.221 e. The van der Waals surface area contributed by atoms with Crippen LogP contribution < -0.4 is 10.1 Å². The first kappa shape index (κ1) is 15.2. The summed E-state index contributed by atoms with van der Waals surface area (Å²) >= 11 is 1.73. The van der Waals surface area contributed by atoms with Gasteiger partial charge in [0.15, 0.2) is 0 Å². The number of carbonyl (C=O) groups excluding carboxylic acids is 1. The predicted molar refractivity (Wildman–Crippen MR) is 88.2 cm³/mol. The number of benzene rings is 2. The van der Waals surface area contributed by atoms with Gasteiger partial charge in [0.1, 0.15) is 11.5 Å². The highest BCUT2D eigenvalue weighted by Gasteiger charge is 2.00. The third-order valence-electron chi connectivity index (χ3n) is 2.60. The first-order chi connectivity index (χ1) is 10.2. The van der Waals surface area contributed by atoms with Crippen LogP contribution in [0.3, 0.4) is 0 Å². The van der Waals surface area contributed by atoms with E-state index < -0.39 is 0 Å². The van der Waals surface area contributed by atoms with Gasteiger partial charge >= 0.3 is 0 Å². The molecule has 21 heavy (non-hydrogen) atoms. The van der Waals surface area contributed by atoms with Crippen LogP contribution in [0.1, 0.15) is 6.92 Å². The minimum absolute atomic E-state index is 0.0868. The van der Waals surface area contributed by atoms with Crippen molar-refractivity contribution in [1.82, 2.24) is 0 Å². The molecule has 3 nitrogen and oxygen atoms in total. The maximum atomic E-state index is 10.9. The van der Waals surface area contributed by atoms with Gasteiger partial charge < -0.3 is 10.1 Å². The summed E-state index contributed by atoms with van der Waals surface area (Å²) < 4.78 is 5.76. The molecule has 2 rings (SSSR count). The van der Waals surface area contributed by atoms with E-state index in [0.717, 1.165) is 22.9 Å². The Kier molecular flexibility index (Phi) is 5.46. The summed E-state index contributed by atoms with van der Waals surface area (Å²) in [6.07, 6.45) is 1.88. The summed E-state index contributed by atoms with van der Waals surface area (Å²) in [5.41, 5.74) is 0.756. The first-order valence-electron chi connectivity index (χ1n) is 6.56. The second-order valence-corrected chi connectivity index (χ2v) is 5.47. The summed E-state index contributed by atoms with van der Waals surface area (Å²) in [5.74, 6) is 2.32. The van der Waals surface area contributed by atoms with Gasteiger partial charge in [-0.3, -0.25) is 4.79 Å². The molecule has 0 unspecified atom stereocenters. The lowest BCUT2D eigenvalue weighted by Crippen LogP contribution is -2.05. The average Bonchev–Trinajstić information content (AvgIpc) is 2.48. The molecule has 108 valence electrons. The van der Waals surface area contributed by atoms with E-state index in [0.29, 0.717) is 0 Å². The molecule has 0 spiro atoms. The molecule has 4 heteroatoms. The van der Waals surface area contributed by atoms with Crippen molar-refractivity contribution in [3.05, 3.63) is 61.2 Å². The van der Waals surface area contributed by atoms with E-state index in [1.807, 2.05) is 54.6 Å². The van der Waals surface area contributed by atoms with E-state index in [1.54, 1.807) is 11.8 Å². The SMILES string of the molecule is C=CCSc1ccc(Oc2ccc(NC(C)=O)cc2)cc1. The van der Waals surface area contributed by atoms with Gasteiger partial charge in [0.2, 0.25) is 5.91 Å². The minimum atomic E-state index is -0.0868. The van der Waals surface area contributed by atoms with Crippen LogP contribution in [-0.4, -0.2) is 11.7 Å². The normalized spacial score (nSPS) is 9.95. The Hall–Kier alpha value is -2.20. The number of hydrogen-bond donors (Lipinski definition) is 1. The first-order valence-corrected chi connectivity index (χ1v) is 7.55. The van der Waals surface area contributed by atoms with Crippen molar-refractivity contribution in [2.24, 2.45) is 0 Å². The Bertz CT molecular complexity index is 606. The molecule has 0 saturated carbocycles. The Morgan fingerprint density at radius 3 is 2.24 bits per heavy atom. The van der Waals surface area contributed by atoms with Crippen LogP contribution in [0, 0.1) is 0 Å². The molecule has 0 bridgehead atoms. The molecular formula is C17H17NO2S. The van der Waals surface area contributed by atoms with Crippen LogP contribution in [0.4, 0.5) is 5.69 Å². The summed E-state index contributed by atoms with van der Waals surface area (Å²) in [4.78, 5) is 12.1. The van der Waals surface area contributed by atoms with Gasteiger partial charge in [-0.2, -0.15) is 0 Å². The number of amides is 1. The van der Waals surface area contributed by atoms with Gasteiger partial charge in [0.05, 0.1) is 0 Å². The fourth-order valence-corrected chi connectivity index (χ4v) is 2.34. The van der Waals surface area contributed by atoms with E-state index in [-0.39, 0.29) is 5.91 Å². The molecule has 0 heterocycles. The smallest absolute Gasteiger partial charge is 0.221 e. The highest BCUT2D eigenvalue weighted by Crippen LogP contribution is 2.26. The molecule has 0 radical (unpaired) electrons. The second kappa shape index (κ2) is 7.55. The van der Waals surface area contributed by atoms with Crippen LogP contribution in [-0.2, 0) is 4.79 Å². The molecule has 0 atom stereocenters. The van der Waals surface area contributed by atoms with E-state index in [1.165, 1.54) is 11.8 Å². The lowest BCUT2D eigenvalue weighted by Gasteiger charge is -2.08. The number of ether oxygens (including phenoxy) is 1. The molecule has 1 N–H and O–H groups in total. The monoisotopic (exact) mass is 299 g/mol. The third-order valence-corrected chi connectivity index (χ3v) is 3.61. The predicted octanol–water partition coefficient (Wildman–Crippen LogP) is 4.72. The van der Waals surface area contributed by atoms with Crippen molar-refractivity contribution >= 4 is 23.4 Å². The van der Waals surface area contributed by atoms with Crippen molar-refractivity contribution in [3.63, 3.8) is 0 Å². The van der Waals surface area contributed by atoms with Crippen molar-refractivity contribution in [1.29, 1.82) is 0 Å². The maximum absolute atomic E-state index is 10.9. The molecule has 0 aliphatic heterocycles. The van der Waals surface area contributed by atoms with Gasteiger partial charge in [0, 0.05) is 23.3 Å². The number of rotatable bonds is 6. The molecule has 0 aliphatic carbocycles. The Morgan fingerprint density at radius 2 is 1.71 bits per heavy atom. The standard InChI is InChI=1S/C17H17NO2S/c1-3-12-21-17-10-8-16(9-11-17)20-15-6-4-14(5-7-15)18-13(2)19/h3-11H,1,12H2,2H3,(H,18,19). The molecular weight excluding hydrogens is 282 g/mol. The Balaban J connectivity index is 1.97. The van der Waals surface area contributed by atoms with Crippen molar-refractivity contribution in [2.45, 2.75) is 11.8 Å². The fraction of sp³-hybridized carbons (Fsp3) is 0.118. The third kappa shape index (κ3) is 5.00. The van der Waals surface area contributed by atoms with Crippen LogP contribution in [0.25, 0.3) is 0 Å².